The number of aryl methyl sites for hydroxylation is 3. The lowest BCUT2D eigenvalue weighted by atomic mass is 9.91. The lowest BCUT2D eigenvalue weighted by molar-refractivity contribution is -0.162. The van der Waals surface area contributed by atoms with Crippen LogP contribution in [-0.2, 0) is 41.4 Å². The summed E-state index contributed by atoms with van der Waals surface area (Å²) in [5.41, 5.74) is 2.84. The van der Waals surface area contributed by atoms with Crippen molar-refractivity contribution in [1.29, 1.82) is 0 Å². The van der Waals surface area contributed by atoms with E-state index in [-0.39, 0.29) is 31.9 Å². The van der Waals surface area contributed by atoms with Gasteiger partial charge in [-0.2, -0.15) is 0 Å². The van der Waals surface area contributed by atoms with Crippen LogP contribution in [0.3, 0.4) is 0 Å². The van der Waals surface area contributed by atoms with Gasteiger partial charge in [0.2, 0.25) is 0 Å². The maximum atomic E-state index is 13.0. The number of aliphatic hydroxyl groups excluding tert-OH is 1. The quantitative estimate of drug-likeness (QED) is 0.112. The summed E-state index contributed by atoms with van der Waals surface area (Å²) < 4.78 is 35.3. The van der Waals surface area contributed by atoms with Gasteiger partial charge in [-0.05, 0) is 147 Å². The molecule has 268 valence electrons. The minimum Gasteiger partial charge on any atom is -0.487 e. The van der Waals surface area contributed by atoms with Gasteiger partial charge in [0.15, 0.2) is 11.9 Å². The largest absolute Gasteiger partial charge is 0.487 e. The van der Waals surface area contributed by atoms with Gasteiger partial charge < -0.3 is 33.5 Å². The number of hydrogen-bond donors (Lipinski definition) is 1. The smallest absolute Gasteiger partial charge is 0.349 e. The van der Waals surface area contributed by atoms with Crippen LogP contribution >= 0.6 is 0 Å². The molecule has 1 fully saturated rings. The standard InChI is InChI=1S/C39H58O9/c1-8-43-34(41)27-38(4,5)47-32-25-29(16-10-13-19-40)24-31(26-32)36-30(17-11-14-20-45-35-18-12-15-21-46-35)22-28(3)23-33(36)48-39(6,7)37(42)44-9-2/h22-26,35,40H,8-21,27H2,1-7H3. The third-order valence-electron chi connectivity index (χ3n) is 8.14. The highest BCUT2D eigenvalue weighted by Gasteiger charge is 2.33. The highest BCUT2D eigenvalue weighted by atomic mass is 16.7. The van der Waals surface area contributed by atoms with Gasteiger partial charge in [0.25, 0.3) is 0 Å². The molecule has 1 aliphatic heterocycles. The fourth-order valence-electron chi connectivity index (χ4n) is 5.89. The number of carbonyl (C=O) groups excluding carboxylic acids is 2. The molecule has 9 heteroatoms. The molecule has 9 nitrogen and oxygen atoms in total. The molecule has 48 heavy (non-hydrogen) atoms. The average molecular weight is 671 g/mol. The van der Waals surface area contributed by atoms with Gasteiger partial charge >= 0.3 is 11.9 Å². The number of aliphatic hydroxyl groups is 1. The van der Waals surface area contributed by atoms with E-state index in [1.807, 2.05) is 39.0 Å². The molecule has 1 N–H and O–H groups in total. The number of carbonyl (C=O) groups is 2. The Morgan fingerprint density at radius 3 is 2.33 bits per heavy atom. The molecule has 1 aliphatic rings. The summed E-state index contributed by atoms with van der Waals surface area (Å²) in [5.74, 6) is 0.435. The van der Waals surface area contributed by atoms with E-state index in [0.717, 1.165) is 85.8 Å². The van der Waals surface area contributed by atoms with Crippen LogP contribution in [0.25, 0.3) is 11.1 Å². The van der Waals surface area contributed by atoms with Crippen molar-refractivity contribution in [3.05, 3.63) is 47.0 Å². The molecule has 0 spiro atoms. The Bertz CT molecular complexity index is 1310. The lowest BCUT2D eigenvalue weighted by Crippen LogP contribution is -2.40. The normalized spacial score (nSPS) is 15.2. The Hall–Kier alpha value is -3.14. The van der Waals surface area contributed by atoms with Crippen molar-refractivity contribution < 1.29 is 43.1 Å². The SMILES string of the molecule is CCOC(=O)CC(C)(C)Oc1cc(CCCCO)cc(-c2c(CCCCOC3CCCCO3)cc(C)cc2OC(C)(C)C(=O)OCC)c1. The number of ether oxygens (including phenoxy) is 6. The molecule has 0 aliphatic carbocycles. The summed E-state index contributed by atoms with van der Waals surface area (Å²) in [6.45, 7) is 14.8. The molecule has 0 radical (unpaired) electrons. The summed E-state index contributed by atoms with van der Waals surface area (Å²) in [6.07, 6.45) is 7.88. The van der Waals surface area contributed by atoms with Crippen molar-refractivity contribution in [1.82, 2.24) is 0 Å². The highest BCUT2D eigenvalue weighted by molar-refractivity contribution is 5.81. The van der Waals surface area contributed by atoms with Crippen molar-refractivity contribution in [2.75, 3.05) is 33.0 Å². The first-order chi connectivity index (χ1) is 22.9. The minimum absolute atomic E-state index is 0.0940. The van der Waals surface area contributed by atoms with E-state index in [1.54, 1.807) is 27.7 Å². The van der Waals surface area contributed by atoms with Gasteiger partial charge in [0.1, 0.15) is 17.1 Å². The van der Waals surface area contributed by atoms with Gasteiger partial charge in [-0.25, -0.2) is 4.79 Å². The van der Waals surface area contributed by atoms with E-state index in [9.17, 15) is 14.7 Å². The Morgan fingerprint density at radius 2 is 1.65 bits per heavy atom. The van der Waals surface area contributed by atoms with Crippen LogP contribution in [0, 0.1) is 6.92 Å². The zero-order valence-electron chi connectivity index (χ0n) is 30.3. The minimum atomic E-state index is -1.23. The number of rotatable bonds is 20. The zero-order valence-corrected chi connectivity index (χ0v) is 30.3. The molecule has 1 saturated heterocycles. The molecule has 3 rings (SSSR count). The highest BCUT2D eigenvalue weighted by Crippen LogP contribution is 2.40. The van der Waals surface area contributed by atoms with Crippen molar-refractivity contribution >= 4 is 11.9 Å². The first-order valence-corrected chi connectivity index (χ1v) is 17.7. The van der Waals surface area contributed by atoms with E-state index < -0.39 is 17.2 Å². The molecule has 1 unspecified atom stereocenters. The zero-order chi connectivity index (χ0) is 35.2. The molecule has 0 amide bonds. The van der Waals surface area contributed by atoms with E-state index in [0.29, 0.717) is 31.1 Å². The summed E-state index contributed by atoms with van der Waals surface area (Å²) in [4.78, 5) is 25.3. The fraction of sp³-hybridized carbons (Fsp3) is 0.641. The molecule has 0 aromatic heterocycles. The first kappa shape index (κ1) is 39.3. The Morgan fingerprint density at radius 1 is 0.896 bits per heavy atom. The van der Waals surface area contributed by atoms with Gasteiger partial charge in [0.05, 0.1) is 19.6 Å². The van der Waals surface area contributed by atoms with Crippen molar-refractivity contribution in [2.24, 2.45) is 0 Å². The van der Waals surface area contributed by atoms with Gasteiger partial charge in [-0.3, -0.25) is 4.79 Å². The van der Waals surface area contributed by atoms with Crippen LogP contribution in [-0.4, -0.2) is 67.6 Å². The second kappa shape index (κ2) is 19.2. The molecule has 2 aromatic rings. The number of benzene rings is 2. The van der Waals surface area contributed by atoms with Crippen LogP contribution in [0.2, 0.25) is 0 Å². The van der Waals surface area contributed by atoms with E-state index in [2.05, 4.69) is 12.1 Å². The number of unbranched alkanes of at least 4 members (excludes halogenated alkanes) is 2. The molecular formula is C39H58O9. The molecular weight excluding hydrogens is 612 g/mol. The topological polar surface area (TPSA) is 110 Å². The first-order valence-electron chi connectivity index (χ1n) is 17.7. The Labute approximate surface area is 287 Å². The van der Waals surface area contributed by atoms with Crippen LogP contribution in [0.4, 0.5) is 0 Å². The van der Waals surface area contributed by atoms with Gasteiger partial charge in [0, 0.05) is 25.4 Å². The predicted molar refractivity (Wildman–Crippen MR) is 186 cm³/mol. The number of esters is 2. The summed E-state index contributed by atoms with van der Waals surface area (Å²) in [6, 6.07) is 10.2. The monoisotopic (exact) mass is 670 g/mol. The second-order valence-corrected chi connectivity index (χ2v) is 13.6. The maximum absolute atomic E-state index is 13.0. The van der Waals surface area contributed by atoms with E-state index >= 15 is 0 Å². The molecule has 2 aromatic carbocycles. The van der Waals surface area contributed by atoms with Gasteiger partial charge in [-0.1, -0.05) is 12.1 Å². The lowest BCUT2D eigenvalue weighted by Gasteiger charge is -2.28. The summed E-state index contributed by atoms with van der Waals surface area (Å²) in [5, 5.41) is 9.46. The van der Waals surface area contributed by atoms with Crippen molar-refractivity contribution in [2.45, 2.75) is 130 Å². The maximum Gasteiger partial charge on any atom is 0.349 e. The Balaban J connectivity index is 2.03. The second-order valence-electron chi connectivity index (χ2n) is 13.6. The molecule has 1 heterocycles. The summed E-state index contributed by atoms with van der Waals surface area (Å²) in [7, 11) is 0. The van der Waals surface area contributed by atoms with E-state index in [4.69, 9.17) is 28.4 Å². The molecule has 1 atom stereocenters. The van der Waals surface area contributed by atoms with Crippen molar-refractivity contribution in [3.63, 3.8) is 0 Å². The molecule has 0 bridgehead atoms. The fourth-order valence-corrected chi connectivity index (χ4v) is 5.89. The summed E-state index contributed by atoms with van der Waals surface area (Å²) >= 11 is 0. The van der Waals surface area contributed by atoms with Crippen LogP contribution in [0.1, 0.15) is 110 Å². The van der Waals surface area contributed by atoms with Gasteiger partial charge in [-0.15, -0.1) is 0 Å². The van der Waals surface area contributed by atoms with Crippen LogP contribution in [0.15, 0.2) is 30.3 Å². The third kappa shape index (κ3) is 12.7. The van der Waals surface area contributed by atoms with Crippen LogP contribution < -0.4 is 9.47 Å². The third-order valence-corrected chi connectivity index (χ3v) is 8.14. The van der Waals surface area contributed by atoms with Crippen LogP contribution in [0.5, 0.6) is 11.5 Å². The number of hydrogen-bond acceptors (Lipinski definition) is 9. The Kier molecular flexibility index (Phi) is 15.7. The predicted octanol–water partition coefficient (Wildman–Crippen LogP) is 7.67. The molecule has 0 saturated carbocycles. The average Bonchev–Trinajstić information content (AvgIpc) is 3.00. The van der Waals surface area contributed by atoms with Crippen molar-refractivity contribution in [3.8, 4) is 22.6 Å². The van der Waals surface area contributed by atoms with E-state index in [1.165, 1.54) is 0 Å².